The number of hydrogen-bond acceptors (Lipinski definition) is 1. The number of amides is 1. The minimum absolute atomic E-state index is 0.293. The molecule has 16 heavy (non-hydrogen) atoms. The fourth-order valence-electron chi connectivity index (χ4n) is 1.93. The molecule has 0 spiro atoms. The van der Waals surface area contributed by atoms with Crippen molar-refractivity contribution in [3.63, 3.8) is 0 Å². The number of carbonyl (C=O) groups excluding carboxylic acids is 1. The third kappa shape index (κ3) is 3.37. The first-order valence-electron chi connectivity index (χ1n) is 6.07. The van der Waals surface area contributed by atoms with Gasteiger partial charge in [-0.2, -0.15) is 0 Å². The molecule has 0 aliphatic carbocycles. The third-order valence-electron chi connectivity index (χ3n) is 2.62. The zero-order valence-electron chi connectivity index (χ0n) is 10.4. The second-order valence-electron chi connectivity index (χ2n) is 4.07. The summed E-state index contributed by atoms with van der Waals surface area (Å²) < 4.78 is 0. The van der Waals surface area contributed by atoms with Crippen LogP contribution in [0.15, 0.2) is 30.3 Å². The number of nitrogens with zero attached hydrogens (tertiary/aromatic N) is 1. The lowest BCUT2D eigenvalue weighted by atomic mass is 10.2. The van der Waals surface area contributed by atoms with Crippen molar-refractivity contribution in [1.29, 1.82) is 0 Å². The Balaban J connectivity index is 0.000000606. The summed E-state index contributed by atoms with van der Waals surface area (Å²) in [6, 6.07) is 10.2. The molecule has 1 aliphatic heterocycles. The molecule has 1 unspecified atom stereocenters. The van der Waals surface area contributed by atoms with Gasteiger partial charge in [-0.15, -0.1) is 0 Å². The topological polar surface area (TPSA) is 20.3 Å². The predicted molar refractivity (Wildman–Crippen MR) is 67.0 cm³/mol. The summed E-state index contributed by atoms with van der Waals surface area (Å²) in [5, 5.41) is 0. The Labute approximate surface area is 98.3 Å². The molecule has 88 valence electrons. The first-order chi connectivity index (χ1) is 7.75. The van der Waals surface area contributed by atoms with Gasteiger partial charge in [-0.1, -0.05) is 51.1 Å². The first-order valence-corrected chi connectivity index (χ1v) is 6.07. The molecule has 1 aromatic rings. The van der Waals surface area contributed by atoms with Gasteiger partial charge in [0.05, 0.1) is 0 Å². The highest BCUT2D eigenvalue weighted by Crippen LogP contribution is 2.18. The van der Waals surface area contributed by atoms with E-state index in [1.807, 2.05) is 36.9 Å². The molecule has 1 amide bonds. The largest absolute Gasteiger partial charge is 0.338 e. The molecule has 0 aromatic heterocycles. The van der Waals surface area contributed by atoms with Crippen LogP contribution in [0.2, 0.25) is 0 Å². The van der Waals surface area contributed by atoms with Gasteiger partial charge in [-0.3, -0.25) is 4.79 Å². The molecule has 1 aliphatic rings. The highest BCUT2D eigenvalue weighted by Gasteiger charge is 2.25. The van der Waals surface area contributed by atoms with Crippen molar-refractivity contribution in [3.05, 3.63) is 35.9 Å². The van der Waals surface area contributed by atoms with E-state index < -0.39 is 0 Å². The second kappa shape index (κ2) is 6.31. The van der Waals surface area contributed by atoms with Crippen LogP contribution < -0.4 is 0 Å². The molecule has 2 heteroatoms. The quantitative estimate of drug-likeness (QED) is 0.748. The summed E-state index contributed by atoms with van der Waals surface area (Å²) in [5.41, 5.74) is 1.22. The van der Waals surface area contributed by atoms with Crippen LogP contribution >= 0.6 is 0 Å². The number of benzene rings is 1. The lowest BCUT2D eigenvalue weighted by Crippen LogP contribution is -2.24. The molecule has 1 heterocycles. The average molecular weight is 219 g/mol. The summed E-state index contributed by atoms with van der Waals surface area (Å²) in [4.78, 5) is 13.5. The molecule has 1 atom stereocenters. The highest BCUT2D eigenvalue weighted by atomic mass is 16.2. The van der Waals surface area contributed by atoms with Crippen molar-refractivity contribution < 1.29 is 4.79 Å². The van der Waals surface area contributed by atoms with Crippen molar-refractivity contribution >= 4 is 5.91 Å². The van der Waals surface area contributed by atoms with Gasteiger partial charge in [-0.05, 0) is 11.5 Å². The number of likely N-dealkylation sites (tertiary alicyclic amines) is 1. The van der Waals surface area contributed by atoms with Crippen molar-refractivity contribution in [3.8, 4) is 0 Å². The lowest BCUT2D eigenvalue weighted by Gasteiger charge is -2.15. The van der Waals surface area contributed by atoms with E-state index in [2.05, 4.69) is 19.1 Å². The maximum absolute atomic E-state index is 11.5. The van der Waals surface area contributed by atoms with Crippen LogP contribution in [0.4, 0.5) is 0 Å². The minimum atomic E-state index is 0.293. The fourth-order valence-corrected chi connectivity index (χ4v) is 1.93. The molecule has 1 fully saturated rings. The normalized spacial score (nSPS) is 19.3. The fraction of sp³-hybridized carbons (Fsp3) is 0.500. The van der Waals surface area contributed by atoms with Gasteiger partial charge in [0.25, 0.3) is 0 Å². The van der Waals surface area contributed by atoms with Gasteiger partial charge in [0, 0.05) is 19.5 Å². The minimum Gasteiger partial charge on any atom is -0.338 e. The summed E-state index contributed by atoms with van der Waals surface area (Å²) >= 11 is 0. The Morgan fingerprint density at radius 1 is 1.25 bits per heavy atom. The highest BCUT2D eigenvalue weighted by molar-refractivity contribution is 5.78. The average Bonchev–Trinajstić information content (AvgIpc) is 2.62. The Kier molecular flexibility index (Phi) is 5.03. The third-order valence-corrected chi connectivity index (χ3v) is 2.62. The molecule has 0 bridgehead atoms. The van der Waals surface area contributed by atoms with E-state index in [0.717, 1.165) is 13.1 Å². The van der Waals surface area contributed by atoms with Crippen molar-refractivity contribution in [2.45, 2.75) is 33.7 Å². The summed E-state index contributed by atoms with van der Waals surface area (Å²) in [5.74, 6) is 0.813. The molecule has 0 radical (unpaired) electrons. The SMILES string of the molecule is CC.CC1CC(=O)N(Cc2ccccc2)C1. The predicted octanol–water partition coefficient (Wildman–Crippen LogP) is 3.08. The van der Waals surface area contributed by atoms with Gasteiger partial charge in [0.15, 0.2) is 0 Å². The van der Waals surface area contributed by atoms with E-state index >= 15 is 0 Å². The van der Waals surface area contributed by atoms with Gasteiger partial charge in [0.2, 0.25) is 5.91 Å². The van der Waals surface area contributed by atoms with Crippen LogP contribution in [0.25, 0.3) is 0 Å². The van der Waals surface area contributed by atoms with Crippen LogP contribution in [0.5, 0.6) is 0 Å². The molecule has 0 N–H and O–H groups in total. The Bertz CT molecular complexity index is 321. The first kappa shape index (κ1) is 12.8. The van der Waals surface area contributed by atoms with E-state index in [1.54, 1.807) is 0 Å². The smallest absolute Gasteiger partial charge is 0.223 e. The summed E-state index contributed by atoms with van der Waals surface area (Å²) in [6.45, 7) is 7.81. The number of carbonyl (C=O) groups is 1. The molecule has 1 aromatic carbocycles. The van der Waals surface area contributed by atoms with Crippen molar-refractivity contribution in [2.75, 3.05) is 6.54 Å². The van der Waals surface area contributed by atoms with Crippen molar-refractivity contribution in [2.24, 2.45) is 5.92 Å². The van der Waals surface area contributed by atoms with E-state index in [-0.39, 0.29) is 0 Å². The van der Waals surface area contributed by atoms with Crippen molar-refractivity contribution in [1.82, 2.24) is 4.90 Å². The Morgan fingerprint density at radius 3 is 2.38 bits per heavy atom. The molecule has 2 rings (SSSR count). The standard InChI is InChI=1S/C12H15NO.C2H6/c1-10-7-12(14)13(8-10)9-11-5-3-2-4-6-11;1-2/h2-6,10H,7-9H2,1H3;1-2H3. The maximum Gasteiger partial charge on any atom is 0.223 e. The number of hydrogen-bond donors (Lipinski definition) is 0. The molecular formula is C14H21NO. The van der Waals surface area contributed by atoms with E-state index in [4.69, 9.17) is 0 Å². The van der Waals surface area contributed by atoms with E-state index in [1.165, 1.54) is 5.56 Å². The molecular weight excluding hydrogens is 198 g/mol. The monoisotopic (exact) mass is 219 g/mol. The van der Waals surface area contributed by atoms with E-state index in [0.29, 0.717) is 18.2 Å². The summed E-state index contributed by atoms with van der Waals surface area (Å²) in [6.07, 6.45) is 0.715. The zero-order valence-corrected chi connectivity index (χ0v) is 10.4. The lowest BCUT2D eigenvalue weighted by molar-refractivity contribution is -0.128. The maximum atomic E-state index is 11.5. The summed E-state index contributed by atoms with van der Waals surface area (Å²) in [7, 11) is 0. The van der Waals surface area contributed by atoms with Gasteiger partial charge < -0.3 is 4.90 Å². The van der Waals surface area contributed by atoms with Crippen LogP contribution in [0.3, 0.4) is 0 Å². The van der Waals surface area contributed by atoms with Crippen LogP contribution in [-0.2, 0) is 11.3 Å². The van der Waals surface area contributed by atoms with Crippen LogP contribution in [0, 0.1) is 5.92 Å². The Morgan fingerprint density at radius 2 is 1.88 bits per heavy atom. The van der Waals surface area contributed by atoms with Gasteiger partial charge in [-0.25, -0.2) is 0 Å². The van der Waals surface area contributed by atoms with Crippen LogP contribution in [-0.4, -0.2) is 17.4 Å². The van der Waals surface area contributed by atoms with Gasteiger partial charge in [0.1, 0.15) is 0 Å². The molecule has 1 saturated heterocycles. The zero-order chi connectivity index (χ0) is 12.0. The van der Waals surface area contributed by atoms with E-state index in [9.17, 15) is 4.79 Å². The van der Waals surface area contributed by atoms with Crippen LogP contribution in [0.1, 0.15) is 32.8 Å². The van der Waals surface area contributed by atoms with Gasteiger partial charge >= 0.3 is 0 Å². The second-order valence-corrected chi connectivity index (χ2v) is 4.07. The molecule has 2 nitrogen and oxygen atoms in total. The number of rotatable bonds is 2. The Hall–Kier alpha value is -1.31. The molecule has 0 saturated carbocycles.